The second-order valence-corrected chi connectivity index (χ2v) is 6.32. The number of nitrogens with one attached hydrogen (secondary N) is 1. The smallest absolute Gasteiger partial charge is 0.270 e. The first kappa shape index (κ1) is 13.5. The Morgan fingerprint density at radius 2 is 1.75 bits per heavy atom. The number of aromatic amines is 1. The number of hydrogen-bond donors (Lipinski definition) is 1. The van der Waals surface area contributed by atoms with Crippen LogP contribution in [0.4, 0.5) is 0 Å². The van der Waals surface area contributed by atoms with Crippen LogP contribution in [0.15, 0.2) is 56.2 Å². The highest BCUT2D eigenvalue weighted by atomic mass is 79.9. The third-order valence-corrected chi connectivity index (χ3v) is 3.88. The van der Waals surface area contributed by atoms with Crippen molar-refractivity contribution in [3.63, 3.8) is 0 Å². The quantitative estimate of drug-likeness (QED) is 0.714. The topological polar surface area (TPSA) is 45.8 Å². The zero-order valence-electron chi connectivity index (χ0n) is 10.4. The summed E-state index contributed by atoms with van der Waals surface area (Å²) in [6.07, 6.45) is 0.498. The molecule has 3 aromatic rings. The Hall–Kier alpha value is -1.46. The summed E-state index contributed by atoms with van der Waals surface area (Å²) in [5, 5.41) is 0. The van der Waals surface area contributed by atoms with Crippen LogP contribution in [0.3, 0.4) is 0 Å². The molecule has 3 nitrogen and oxygen atoms in total. The van der Waals surface area contributed by atoms with E-state index in [1.165, 1.54) is 0 Å². The number of hydrogen-bond acceptors (Lipinski definition) is 2. The van der Waals surface area contributed by atoms with Crippen LogP contribution in [0.1, 0.15) is 11.3 Å². The van der Waals surface area contributed by atoms with Gasteiger partial charge in [-0.2, -0.15) is 0 Å². The molecule has 0 aliphatic rings. The molecule has 5 heteroatoms. The van der Waals surface area contributed by atoms with Crippen molar-refractivity contribution in [3.05, 3.63) is 73.0 Å². The predicted molar refractivity (Wildman–Crippen MR) is 87.0 cm³/mol. The summed E-state index contributed by atoms with van der Waals surface area (Å²) in [6, 6.07) is 13.5. The molecule has 0 radical (unpaired) electrons. The van der Waals surface area contributed by atoms with Crippen molar-refractivity contribution in [2.75, 3.05) is 0 Å². The van der Waals surface area contributed by atoms with E-state index >= 15 is 0 Å². The molecule has 1 heterocycles. The van der Waals surface area contributed by atoms with Gasteiger partial charge in [0.2, 0.25) is 0 Å². The molecule has 1 aromatic heterocycles. The SMILES string of the molecule is O=c1[nH]c2ccccc2nc1Cc1cc(Br)cc(Br)c1. The van der Waals surface area contributed by atoms with E-state index < -0.39 is 0 Å². The maximum atomic E-state index is 12.1. The lowest BCUT2D eigenvalue weighted by atomic mass is 10.1. The van der Waals surface area contributed by atoms with Crippen molar-refractivity contribution >= 4 is 42.9 Å². The summed E-state index contributed by atoms with van der Waals surface area (Å²) in [6.45, 7) is 0. The summed E-state index contributed by atoms with van der Waals surface area (Å²) in [5.74, 6) is 0. The molecule has 0 fully saturated rings. The minimum Gasteiger partial charge on any atom is -0.319 e. The molecule has 0 spiro atoms. The molecule has 20 heavy (non-hydrogen) atoms. The lowest BCUT2D eigenvalue weighted by molar-refractivity contribution is 1.03. The molecule has 2 aromatic carbocycles. The van der Waals surface area contributed by atoms with Crippen LogP contribution >= 0.6 is 31.9 Å². The van der Waals surface area contributed by atoms with E-state index in [0.717, 1.165) is 25.5 Å². The van der Waals surface area contributed by atoms with Crippen molar-refractivity contribution < 1.29 is 0 Å². The van der Waals surface area contributed by atoms with Crippen LogP contribution in [0, 0.1) is 0 Å². The van der Waals surface area contributed by atoms with Gasteiger partial charge in [-0.05, 0) is 35.9 Å². The van der Waals surface area contributed by atoms with Crippen molar-refractivity contribution in [2.45, 2.75) is 6.42 Å². The van der Waals surface area contributed by atoms with E-state index in [2.05, 4.69) is 41.8 Å². The van der Waals surface area contributed by atoms with Gasteiger partial charge in [0, 0.05) is 15.4 Å². The molecule has 0 aliphatic heterocycles. The first-order valence-corrected chi connectivity index (χ1v) is 7.63. The van der Waals surface area contributed by atoms with E-state index in [0.29, 0.717) is 12.1 Å². The third-order valence-electron chi connectivity index (χ3n) is 2.96. The molecular formula is C15H10Br2N2O. The number of benzene rings is 2. The van der Waals surface area contributed by atoms with Gasteiger partial charge in [-0.1, -0.05) is 44.0 Å². The molecule has 0 saturated carbocycles. The Morgan fingerprint density at radius 3 is 2.50 bits per heavy atom. The molecule has 0 aliphatic carbocycles. The molecule has 0 saturated heterocycles. The molecular weight excluding hydrogens is 384 g/mol. The number of halogens is 2. The Bertz CT molecular complexity index is 822. The molecule has 100 valence electrons. The average Bonchev–Trinajstić information content (AvgIpc) is 2.38. The van der Waals surface area contributed by atoms with Gasteiger partial charge in [0.1, 0.15) is 5.69 Å². The number of aromatic nitrogens is 2. The fourth-order valence-electron chi connectivity index (χ4n) is 2.09. The van der Waals surface area contributed by atoms with Gasteiger partial charge in [-0.25, -0.2) is 4.98 Å². The van der Waals surface area contributed by atoms with E-state index in [4.69, 9.17) is 0 Å². The number of fused-ring (bicyclic) bond motifs is 1. The van der Waals surface area contributed by atoms with Crippen molar-refractivity contribution in [3.8, 4) is 0 Å². The van der Waals surface area contributed by atoms with Gasteiger partial charge < -0.3 is 4.98 Å². The molecule has 0 amide bonds. The predicted octanol–water partition coefficient (Wildman–Crippen LogP) is 4.04. The monoisotopic (exact) mass is 392 g/mol. The minimum atomic E-state index is -0.139. The Morgan fingerprint density at radius 1 is 1.05 bits per heavy atom. The molecule has 0 atom stereocenters. The summed E-state index contributed by atoms with van der Waals surface area (Å²) in [7, 11) is 0. The van der Waals surface area contributed by atoms with Crippen LogP contribution < -0.4 is 5.56 Å². The summed E-state index contributed by atoms with van der Waals surface area (Å²) >= 11 is 6.90. The van der Waals surface area contributed by atoms with Crippen LogP contribution in [0.5, 0.6) is 0 Å². The van der Waals surface area contributed by atoms with Crippen LogP contribution in [-0.4, -0.2) is 9.97 Å². The zero-order valence-corrected chi connectivity index (χ0v) is 13.5. The summed E-state index contributed by atoms with van der Waals surface area (Å²) in [4.78, 5) is 19.4. The van der Waals surface area contributed by atoms with Crippen molar-refractivity contribution in [1.82, 2.24) is 9.97 Å². The van der Waals surface area contributed by atoms with Gasteiger partial charge in [-0.15, -0.1) is 0 Å². The molecule has 0 bridgehead atoms. The molecule has 0 unspecified atom stereocenters. The Balaban J connectivity index is 2.06. The highest BCUT2D eigenvalue weighted by Crippen LogP contribution is 2.21. The lowest BCUT2D eigenvalue weighted by Gasteiger charge is -2.04. The van der Waals surface area contributed by atoms with E-state index in [1.807, 2.05) is 42.5 Å². The van der Waals surface area contributed by atoms with Gasteiger partial charge in [0.15, 0.2) is 0 Å². The standard InChI is InChI=1S/C15H10Br2N2O/c16-10-5-9(6-11(17)8-10)7-14-15(20)19-13-4-2-1-3-12(13)18-14/h1-6,8H,7H2,(H,19,20). The minimum absolute atomic E-state index is 0.139. The van der Waals surface area contributed by atoms with E-state index in [1.54, 1.807) is 0 Å². The molecule has 3 rings (SSSR count). The highest BCUT2D eigenvalue weighted by molar-refractivity contribution is 9.11. The fourth-order valence-corrected chi connectivity index (χ4v) is 3.48. The van der Waals surface area contributed by atoms with Gasteiger partial charge >= 0.3 is 0 Å². The van der Waals surface area contributed by atoms with E-state index in [9.17, 15) is 4.79 Å². The fraction of sp³-hybridized carbons (Fsp3) is 0.0667. The maximum Gasteiger partial charge on any atom is 0.270 e. The average molecular weight is 394 g/mol. The highest BCUT2D eigenvalue weighted by Gasteiger charge is 2.07. The number of nitrogens with zero attached hydrogens (tertiary/aromatic N) is 1. The second kappa shape index (κ2) is 5.50. The van der Waals surface area contributed by atoms with E-state index in [-0.39, 0.29) is 5.56 Å². The Kier molecular flexibility index (Phi) is 3.72. The first-order chi connectivity index (χ1) is 9.61. The third kappa shape index (κ3) is 2.83. The van der Waals surface area contributed by atoms with Gasteiger partial charge in [-0.3, -0.25) is 4.79 Å². The van der Waals surface area contributed by atoms with Crippen LogP contribution in [0.25, 0.3) is 11.0 Å². The van der Waals surface area contributed by atoms with Gasteiger partial charge in [0.05, 0.1) is 11.0 Å². The summed E-state index contributed by atoms with van der Waals surface area (Å²) in [5.41, 5.74) is 2.97. The molecule has 1 N–H and O–H groups in total. The number of rotatable bonds is 2. The normalized spacial score (nSPS) is 10.9. The van der Waals surface area contributed by atoms with Crippen LogP contribution in [-0.2, 0) is 6.42 Å². The summed E-state index contributed by atoms with van der Waals surface area (Å²) < 4.78 is 1.94. The zero-order chi connectivity index (χ0) is 14.1. The van der Waals surface area contributed by atoms with Crippen molar-refractivity contribution in [2.24, 2.45) is 0 Å². The Labute approximate surface area is 132 Å². The first-order valence-electron chi connectivity index (χ1n) is 6.05. The number of H-pyrrole nitrogens is 1. The second-order valence-electron chi connectivity index (χ2n) is 4.48. The number of para-hydroxylation sites is 2. The maximum absolute atomic E-state index is 12.1. The lowest BCUT2D eigenvalue weighted by Crippen LogP contribution is -2.15. The van der Waals surface area contributed by atoms with Crippen LogP contribution in [0.2, 0.25) is 0 Å². The largest absolute Gasteiger partial charge is 0.319 e. The van der Waals surface area contributed by atoms with Gasteiger partial charge in [0.25, 0.3) is 5.56 Å². The van der Waals surface area contributed by atoms with Crippen molar-refractivity contribution in [1.29, 1.82) is 0 Å².